The summed E-state index contributed by atoms with van der Waals surface area (Å²) in [5.74, 6) is 1.64. The fourth-order valence-electron chi connectivity index (χ4n) is 3.32. The van der Waals surface area contributed by atoms with Gasteiger partial charge in [0, 0.05) is 36.9 Å². The van der Waals surface area contributed by atoms with E-state index in [-0.39, 0.29) is 0 Å². The Bertz CT molecular complexity index is 423. The first kappa shape index (κ1) is 12.2. The second kappa shape index (κ2) is 5.06. The maximum Gasteiger partial charge on any atom is 0.132 e. The third-order valence-corrected chi connectivity index (χ3v) is 4.75. The van der Waals surface area contributed by atoms with Crippen molar-refractivity contribution >= 4 is 17.4 Å². The van der Waals surface area contributed by atoms with Gasteiger partial charge >= 0.3 is 0 Å². The van der Waals surface area contributed by atoms with Gasteiger partial charge in [0.2, 0.25) is 0 Å². The molecule has 2 bridgehead atoms. The van der Waals surface area contributed by atoms with Gasteiger partial charge in [0.1, 0.15) is 5.82 Å². The lowest BCUT2D eigenvalue weighted by atomic mass is 10.1. The first-order chi connectivity index (χ1) is 8.79. The topological polar surface area (TPSA) is 19.4 Å². The summed E-state index contributed by atoms with van der Waals surface area (Å²) in [5, 5.41) is 0. The highest BCUT2D eigenvalue weighted by atomic mass is 35.5. The predicted octanol–water partition coefficient (Wildman–Crippen LogP) is 2.49. The molecule has 2 aliphatic heterocycles. The minimum Gasteiger partial charge on any atom is -0.355 e. The van der Waals surface area contributed by atoms with Crippen LogP contribution in [-0.2, 0) is 5.88 Å². The van der Waals surface area contributed by atoms with Crippen molar-refractivity contribution in [1.29, 1.82) is 0 Å². The molecule has 0 aliphatic carbocycles. The molecule has 2 atom stereocenters. The quantitative estimate of drug-likeness (QED) is 0.766. The van der Waals surface area contributed by atoms with Gasteiger partial charge in [-0.1, -0.05) is 6.07 Å². The summed E-state index contributed by atoms with van der Waals surface area (Å²) in [6.07, 6.45) is 5.80. The molecule has 0 N–H and O–H groups in total. The third-order valence-electron chi connectivity index (χ3n) is 4.46. The molecule has 0 aromatic carbocycles. The summed E-state index contributed by atoms with van der Waals surface area (Å²) in [6, 6.07) is 5.50. The Morgan fingerprint density at radius 3 is 3.00 bits per heavy atom. The zero-order valence-electron chi connectivity index (χ0n) is 10.8. The summed E-state index contributed by atoms with van der Waals surface area (Å²) in [7, 11) is 2.27. The Kier molecular flexibility index (Phi) is 3.44. The molecule has 18 heavy (non-hydrogen) atoms. The second-order valence-electron chi connectivity index (χ2n) is 5.40. The van der Waals surface area contributed by atoms with Gasteiger partial charge in [0.05, 0.1) is 5.88 Å². The van der Waals surface area contributed by atoms with Crippen LogP contribution in [0, 0.1) is 0 Å². The van der Waals surface area contributed by atoms with Gasteiger partial charge in [0.25, 0.3) is 0 Å². The molecule has 1 aromatic rings. The van der Waals surface area contributed by atoms with Crippen LogP contribution in [-0.4, -0.2) is 42.1 Å². The molecule has 2 saturated heterocycles. The maximum absolute atomic E-state index is 6.02. The van der Waals surface area contributed by atoms with Crippen LogP contribution in [0.2, 0.25) is 0 Å². The summed E-state index contributed by atoms with van der Waals surface area (Å²) in [4.78, 5) is 9.53. The van der Waals surface area contributed by atoms with Crippen molar-refractivity contribution in [2.24, 2.45) is 0 Å². The smallest absolute Gasteiger partial charge is 0.132 e. The molecule has 4 heteroatoms. The molecular weight excluding hydrogens is 246 g/mol. The van der Waals surface area contributed by atoms with Crippen molar-refractivity contribution < 1.29 is 0 Å². The SMILES string of the molecule is CN1C2CCC1CN(c1ncccc1CCl)CC2. The number of rotatable bonds is 2. The number of alkyl halides is 1. The Balaban J connectivity index is 1.84. The number of anilines is 1. The highest BCUT2D eigenvalue weighted by Crippen LogP contribution is 2.31. The second-order valence-corrected chi connectivity index (χ2v) is 5.67. The Morgan fingerprint density at radius 1 is 1.33 bits per heavy atom. The molecular formula is C14H20ClN3. The van der Waals surface area contributed by atoms with Crippen LogP contribution in [0.5, 0.6) is 0 Å². The fourth-order valence-corrected chi connectivity index (χ4v) is 3.53. The fraction of sp³-hybridized carbons (Fsp3) is 0.643. The Labute approximate surface area is 114 Å². The van der Waals surface area contributed by atoms with Crippen LogP contribution in [0.15, 0.2) is 18.3 Å². The van der Waals surface area contributed by atoms with Crippen molar-refractivity contribution in [3.05, 3.63) is 23.9 Å². The first-order valence-corrected chi connectivity index (χ1v) is 7.30. The lowest BCUT2D eigenvalue weighted by Crippen LogP contribution is -2.37. The van der Waals surface area contributed by atoms with Gasteiger partial charge in [-0.25, -0.2) is 4.98 Å². The van der Waals surface area contributed by atoms with E-state index in [0.29, 0.717) is 11.9 Å². The first-order valence-electron chi connectivity index (χ1n) is 6.76. The Morgan fingerprint density at radius 2 is 2.17 bits per heavy atom. The number of likely N-dealkylation sites (N-methyl/N-ethyl adjacent to an activating group) is 1. The van der Waals surface area contributed by atoms with E-state index >= 15 is 0 Å². The number of pyridine rings is 1. The molecule has 2 unspecified atom stereocenters. The molecule has 3 rings (SSSR count). The number of hydrogen-bond acceptors (Lipinski definition) is 3. The predicted molar refractivity (Wildman–Crippen MR) is 75.2 cm³/mol. The van der Waals surface area contributed by atoms with E-state index < -0.39 is 0 Å². The van der Waals surface area contributed by atoms with Crippen molar-refractivity contribution in [3.8, 4) is 0 Å². The molecule has 0 spiro atoms. The Hall–Kier alpha value is -0.800. The van der Waals surface area contributed by atoms with E-state index in [0.717, 1.165) is 30.5 Å². The summed E-state index contributed by atoms with van der Waals surface area (Å²) < 4.78 is 0. The molecule has 2 aliphatic rings. The van der Waals surface area contributed by atoms with Crippen molar-refractivity contribution in [2.45, 2.75) is 37.2 Å². The average Bonchev–Trinajstić information content (AvgIpc) is 2.63. The van der Waals surface area contributed by atoms with E-state index in [1.54, 1.807) is 0 Å². The van der Waals surface area contributed by atoms with Gasteiger partial charge in [-0.05, 0) is 32.4 Å². The molecule has 0 saturated carbocycles. The number of nitrogens with zero attached hydrogens (tertiary/aromatic N) is 3. The van der Waals surface area contributed by atoms with Crippen LogP contribution in [0.1, 0.15) is 24.8 Å². The summed E-state index contributed by atoms with van der Waals surface area (Å²) in [5.41, 5.74) is 1.15. The van der Waals surface area contributed by atoms with E-state index in [1.807, 2.05) is 12.3 Å². The highest BCUT2D eigenvalue weighted by Gasteiger charge is 2.35. The van der Waals surface area contributed by atoms with Gasteiger partial charge < -0.3 is 4.90 Å². The largest absolute Gasteiger partial charge is 0.355 e. The summed E-state index contributed by atoms with van der Waals surface area (Å²) >= 11 is 6.02. The highest BCUT2D eigenvalue weighted by molar-refractivity contribution is 6.17. The molecule has 1 aromatic heterocycles. The van der Waals surface area contributed by atoms with Crippen LogP contribution < -0.4 is 4.90 Å². The summed E-state index contributed by atoms with van der Waals surface area (Å²) in [6.45, 7) is 2.19. The van der Waals surface area contributed by atoms with Crippen LogP contribution in [0.25, 0.3) is 0 Å². The van der Waals surface area contributed by atoms with E-state index in [2.05, 4.69) is 27.9 Å². The lowest BCUT2D eigenvalue weighted by Gasteiger charge is -2.27. The van der Waals surface area contributed by atoms with E-state index in [1.165, 1.54) is 19.3 Å². The van der Waals surface area contributed by atoms with Gasteiger partial charge in [-0.2, -0.15) is 0 Å². The van der Waals surface area contributed by atoms with Crippen molar-refractivity contribution in [1.82, 2.24) is 9.88 Å². The van der Waals surface area contributed by atoms with Crippen LogP contribution in [0.4, 0.5) is 5.82 Å². The third kappa shape index (κ3) is 2.10. The normalized spacial score (nSPS) is 28.4. The van der Waals surface area contributed by atoms with Crippen molar-refractivity contribution in [2.75, 3.05) is 25.0 Å². The minimum atomic E-state index is 0.545. The average molecular weight is 266 g/mol. The number of halogens is 1. The monoisotopic (exact) mass is 265 g/mol. The van der Waals surface area contributed by atoms with Gasteiger partial charge in [0.15, 0.2) is 0 Å². The zero-order valence-corrected chi connectivity index (χ0v) is 11.6. The van der Waals surface area contributed by atoms with Crippen molar-refractivity contribution in [3.63, 3.8) is 0 Å². The van der Waals surface area contributed by atoms with Gasteiger partial charge in [-0.3, -0.25) is 4.90 Å². The van der Waals surface area contributed by atoms with Gasteiger partial charge in [-0.15, -0.1) is 11.6 Å². The van der Waals surface area contributed by atoms with E-state index in [9.17, 15) is 0 Å². The molecule has 0 radical (unpaired) electrons. The van der Waals surface area contributed by atoms with Crippen LogP contribution in [0.3, 0.4) is 0 Å². The number of aromatic nitrogens is 1. The number of fused-ring (bicyclic) bond motifs is 2. The molecule has 98 valence electrons. The van der Waals surface area contributed by atoms with E-state index in [4.69, 9.17) is 11.6 Å². The standard InChI is InChI=1S/C14H20ClN3/c1-17-12-4-5-13(17)10-18(8-6-12)14-11(9-15)3-2-7-16-14/h2-3,7,12-13H,4-6,8-10H2,1H3. The van der Waals surface area contributed by atoms with Crippen LogP contribution >= 0.6 is 11.6 Å². The maximum atomic E-state index is 6.02. The number of hydrogen-bond donors (Lipinski definition) is 0. The zero-order chi connectivity index (χ0) is 12.5. The molecule has 0 amide bonds. The molecule has 2 fully saturated rings. The minimum absolute atomic E-state index is 0.545. The lowest BCUT2D eigenvalue weighted by molar-refractivity contribution is 0.254. The molecule has 3 heterocycles. The molecule has 3 nitrogen and oxygen atoms in total.